The summed E-state index contributed by atoms with van der Waals surface area (Å²) >= 11 is 0. The zero-order chi connectivity index (χ0) is 12.1. The molecule has 1 rings (SSSR count). The molecule has 0 aromatic carbocycles. The molecule has 0 bridgehead atoms. The fourth-order valence-corrected chi connectivity index (χ4v) is 1.89. The van der Waals surface area contributed by atoms with Crippen molar-refractivity contribution in [1.82, 2.24) is 9.80 Å². The number of carbonyl (C=O) groups is 2. The van der Waals surface area contributed by atoms with Crippen LogP contribution in [0.5, 0.6) is 0 Å². The van der Waals surface area contributed by atoms with Crippen LogP contribution in [0.4, 0.5) is 0 Å². The lowest BCUT2D eigenvalue weighted by atomic mass is 9.96. The van der Waals surface area contributed by atoms with Gasteiger partial charge in [0.2, 0.25) is 11.8 Å². The van der Waals surface area contributed by atoms with Gasteiger partial charge in [0, 0.05) is 32.0 Å². The van der Waals surface area contributed by atoms with Gasteiger partial charge in [-0.3, -0.25) is 9.59 Å². The third-order valence-corrected chi connectivity index (χ3v) is 3.02. The molecule has 2 N–H and O–H groups in total. The second kappa shape index (κ2) is 5.84. The van der Waals surface area contributed by atoms with E-state index in [1.54, 1.807) is 0 Å². The van der Waals surface area contributed by atoms with Gasteiger partial charge in [-0.15, -0.1) is 0 Å². The number of hydrogen-bond donors (Lipinski definition) is 1. The largest absolute Gasteiger partial charge is 0.369 e. The maximum atomic E-state index is 11.8. The molecule has 1 heterocycles. The third kappa shape index (κ3) is 3.81. The molecule has 1 saturated heterocycles. The molecule has 92 valence electrons. The van der Waals surface area contributed by atoms with Gasteiger partial charge < -0.3 is 15.5 Å². The summed E-state index contributed by atoms with van der Waals surface area (Å²) in [5, 5.41) is 0. The molecule has 0 radical (unpaired) electrons. The number of piperidine rings is 1. The highest BCUT2D eigenvalue weighted by molar-refractivity contribution is 5.78. The molecule has 1 aliphatic rings. The number of amides is 2. The molecule has 0 aromatic heterocycles. The van der Waals surface area contributed by atoms with Crippen molar-refractivity contribution in [2.24, 2.45) is 11.7 Å². The van der Waals surface area contributed by atoms with Gasteiger partial charge in [-0.2, -0.15) is 0 Å². The van der Waals surface area contributed by atoms with Gasteiger partial charge in [-0.25, -0.2) is 0 Å². The summed E-state index contributed by atoms with van der Waals surface area (Å²) in [6.45, 7) is 2.11. The zero-order valence-electron chi connectivity index (χ0n) is 10.1. The number of nitrogens with two attached hydrogens (primary N) is 1. The maximum Gasteiger partial charge on any atom is 0.223 e. The molecule has 0 unspecified atom stereocenters. The van der Waals surface area contributed by atoms with E-state index in [0.717, 1.165) is 6.54 Å². The van der Waals surface area contributed by atoms with Crippen LogP contribution in [0.1, 0.15) is 19.3 Å². The van der Waals surface area contributed by atoms with Crippen LogP contribution in [0, 0.1) is 5.92 Å². The quantitative estimate of drug-likeness (QED) is 0.714. The van der Waals surface area contributed by atoms with Gasteiger partial charge >= 0.3 is 0 Å². The Hall–Kier alpha value is -1.10. The summed E-state index contributed by atoms with van der Waals surface area (Å²) in [6, 6.07) is 0. The molecule has 0 spiro atoms. The molecule has 0 aliphatic carbocycles. The lowest BCUT2D eigenvalue weighted by molar-refractivity contribution is -0.135. The Balaban J connectivity index is 2.30. The molecule has 2 amide bonds. The summed E-state index contributed by atoms with van der Waals surface area (Å²) in [5.74, 6) is -0.102. The lowest BCUT2D eigenvalue weighted by Crippen LogP contribution is -2.42. The molecule has 1 fully saturated rings. The Morgan fingerprint density at radius 3 is 2.31 bits per heavy atom. The van der Waals surface area contributed by atoms with Crippen molar-refractivity contribution in [3.05, 3.63) is 0 Å². The average Bonchev–Trinajstić information content (AvgIpc) is 2.26. The van der Waals surface area contributed by atoms with Crippen molar-refractivity contribution >= 4 is 11.8 Å². The minimum atomic E-state index is -0.236. The summed E-state index contributed by atoms with van der Waals surface area (Å²) in [6.07, 6.45) is 1.97. The number of carbonyl (C=O) groups excluding carboxylic acids is 2. The smallest absolute Gasteiger partial charge is 0.223 e. The van der Waals surface area contributed by atoms with Crippen LogP contribution in [0.25, 0.3) is 0 Å². The summed E-state index contributed by atoms with van der Waals surface area (Å²) in [7, 11) is 3.90. The highest BCUT2D eigenvalue weighted by atomic mass is 16.2. The van der Waals surface area contributed by atoms with Crippen molar-refractivity contribution in [2.45, 2.75) is 19.3 Å². The Kier molecular flexibility index (Phi) is 4.73. The van der Waals surface area contributed by atoms with E-state index in [-0.39, 0.29) is 17.7 Å². The maximum absolute atomic E-state index is 11.8. The fourth-order valence-electron chi connectivity index (χ4n) is 1.89. The van der Waals surface area contributed by atoms with E-state index < -0.39 is 0 Å². The first kappa shape index (κ1) is 13.0. The van der Waals surface area contributed by atoms with E-state index in [9.17, 15) is 9.59 Å². The summed E-state index contributed by atoms with van der Waals surface area (Å²) in [4.78, 5) is 26.6. The second-order valence-electron chi connectivity index (χ2n) is 4.61. The summed E-state index contributed by atoms with van der Waals surface area (Å²) in [5.41, 5.74) is 5.24. The first-order valence-corrected chi connectivity index (χ1v) is 5.72. The lowest BCUT2D eigenvalue weighted by Gasteiger charge is -2.30. The Morgan fingerprint density at radius 1 is 1.31 bits per heavy atom. The average molecular weight is 227 g/mol. The van der Waals surface area contributed by atoms with E-state index >= 15 is 0 Å². The van der Waals surface area contributed by atoms with Crippen LogP contribution in [0.15, 0.2) is 0 Å². The zero-order valence-corrected chi connectivity index (χ0v) is 10.1. The van der Waals surface area contributed by atoms with E-state index in [0.29, 0.717) is 32.4 Å². The van der Waals surface area contributed by atoms with Crippen molar-refractivity contribution in [2.75, 3.05) is 33.7 Å². The molecule has 0 aromatic rings. The highest BCUT2D eigenvalue weighted by Gasteiger charge is 2.25. The van der Waals surface area contributed by atoms with Crippen molar-refractivity contribution < 1.29 is 9.59 Å². The summed E-state index contributed by atoms with van der Waals surface area (Å²) < 4.78 is 0. The predicted octanol–water partition coefficient (Wildman–Crippen LogP) is -0.338. The molecule has 16 heavy (non-hydrogen) atoms. The minimum absolute atomic E-state index is 0.0436. The Morgan fingerprint density at radius 2 is 1.88 bits per heavy atom. The first-order chi connectivity index (χ1) is 7.50. The topological polar surface area (TPSA) is 66.6 Å². The van der Waals surface area contributed by atoms with Crippen LogP contribution in [0.2, 0.25) is 0 Å². The molecule has 1 aliphatic heterocycles. The first-order valence-electron chi connectivity index (χ1n) is 5.72. The van der Waals surface area contributed by atoms with E-state index in [2.05, 4.69) is 0 Å². The molecule has 0 atom stereocenters. The van der Waals surface area contributed by atoms with Crippen LogP contribution >= 0.6 is 0 Å². The van der Waals surface area contributed by atoms with Gasteiger partial charge in [-0.05, 0) is 26.9 Å². The second-order valence-corrected chi connectivity index (χ2v) is 4.61. The van der Waals surface area contributed by atoms with E-state index in [1.807, 2.05) is 23.9 Å². The molecule has 5 heteroatoms. The minimum Gasteiger partial charge on any atom is -0.369 e. The van der Waals surface area contributed by atoms with Gasteiger partial charge in [0.1, 0.15) is 0 Å². The molecule has 0 saturated carbocycles. The number of likely N-dealkylation sites (tertiary alicyclic amines) is 1. The fraction of sp³-hybridized carbons (Fsp3) is 0.818. The number of rotatable bonds is 4. The Labute approximate surface area is 96.6 Å². The molecular weight excluding hydrogens is 206 g/mol. The van der Waals surface area contributed by atoms with Crippen LogP contribution in [-0.4, -0.2) is 55.3 Å². The standard InChI is InChI=1S/C11H21N3O2/c1-13(2)6-5-10(15)14-7-3-9(4-8-14)11(12)16/h9H,3-8H2,1-2H3,(H2,12,16). The van der Waals surface area contributed by atoms with Gasteiger partial charge in [0.15, 0.2) is 0 Å². The monoisotopic (exact) mass is 227 g/mol. The van der Waals surface area contributed by atoms with E-state index in [4.69, 9.17) is 5.73 Å². The van der Waals surface area contributed by atoms with E-state index in [1.165, 1.54) is 0 Å². The Bertz CT molecular complexity index is 258. The number of hydrogen-bond acceptors (Lipinski definition) is 3. The van der Waals surface area contributed by atoms with Crippen molar-refractivity contribution in [3.8, 4) is 0 Å². The highest BCUT2D eigenvalue weighted by Crippen LogP contribution is 2.17. The van der Waals surface area contributed by atoms with Crippen LogP contribution in [0.3, 0.4) is 0 Å². The third-order valence-electron chi connectivity index (χ3n) is 3.02. The normalized spacial score (nSPS) is 17.8. The van der Waals surface area contributed by atoms with Gasteiger partial charge in [-0.1, -0.05) is 0 Å². The predicted molar refractivity (Wildman–Crippen MR) is 61.7 cm³/mol. The molecular formula is C11H21N3O2. The van der Waals surface area contributed by atoms with Crippen molar-refractivity contribution in [1.29, 1.82) is 0 Å². The van der Waals surface area contributed by atoms with Gasteiger partial charge in [0.25, 0.3) is 0 Å². The number of primary amides is 1. The number of nitrogens with zero attached hydrogens (tertiary/aromatic N) is 2. The van der Waals surface area contributed by atoms with Crippen LogP contribution < -0.4 is 5.73 Å². The van der Waals surface area contributed by atoms with Crippen LogP contribution in [-0.2, 0) is 9.59 Å². The van der Waals surface area contributed by atoms with Crippen molar-refractivity contribution in [3.63, 3.8) is 0 Å². The molecule has 5 nitrogen and oxygen atoms in total. The SMILES string of the molecule is CN(C)CCC(=O)N1CCC(C(N)=O)CC1. The van der Waals surface area contributed by atoms with Gasteiger partial charge in [0.05, 0.1) is 0 Å².